The van der Waals surface area contributed by atoms with E-state index in [0.29, 0.717) is 24.6 Å². The molecule has 40 heavy (non-hydrogen) atoms. The first-order chi connectivity index (χ1) is 19.0. The van der Waals surface area contributed by atoms with Gasteiger partial charge in [0.05, 0.1) is 17.6 Å². The van der Waals surface area contributed by atoms with E-state index in [0.717, 1.165) is 17.5 Å². The minimum Gasteiger partial charge on any atom is -0.375 e. The summed E-state index contributed by atoms with van der Waals surface area (Å²) in [5, 5.41) is 2.71. The van der Waals surface area contributed by atoms with Crippen molar-refractivity contribution in [2.45, 2.75) is 46.1 Å². The molecule has 11 heteroatoms. The number of para-hydroxylation sites is 1. The van der Waals surface area contributed by atoms with Gasteiger partial charge in [-0.15, -0.1) is 0 Å². The number of pyridine rings is 1. The standard InChI is InChI=1S/C26H33N5O3.C3H7NO2/c1-18(2)16-19-10-8-11-20-25(19)29-22(27-20)17-31-15-9-12-21(26(31)34)28-23(32)13-6-5-7-14-24(33)30(3)4;1-6-2-3(4)5/h7-12,14-15,18H,5-6,13,16-17H2,1-4H3,(H,27,29)(H,28,32);2H2,1H3,(H2,4,5)/b14-7+;. The number of unbranched alkanes of at least 4 members (excludes halogenated alkanes) is 1. The Morgan fingerprint density at radius 1 is 1.20 bits per heavy atom. The largest absolute Gasteiger partial charge is 0.375 e. The maximum atomic E-state index is 12.9. The maximum absolute atomic E-state index is 12.9. The molecule has 2 aromatic heterocycles. The highest BCUT2D eigenvalue weighted by Gasteiger charge is 2.12. The van der Waals surface area contributed by atoms with Crippen molar-refractivity contribution in [2.75, 3.05) is 33.1 Å². The number of imidazole rings is 1. The van der Waals surface area contributed by atoms with Crippen molar-refractivity contribution in [1.82, 2.24) is 19.4 Å². The Hall–Kier alpha value is -4.25. The number of nitrogens with two attached hydrogens (primary N) is 1. The molecule has 0 radical (unpaired) electrons. The molecule has 3 rings (SSSR count). The van der Waals surface area contributed by atoms with Crippen LogP contribution in [-0.4, -0.2) is 65.0 Å². The zero-order valence-corrected chi connectivity index (χ0v) is 23.9. The van der Waals surface area contributed by atoms with E-state index in [1.807, 2.05) is 12.1 Å². The number of ether oxygens (including phenoxy) is 1. The topological polar surface area (TPSA) is 152 Å². The average Bonchev–Trinajstić information content (AvgIpc) is 3.29. The number of fused-ring (bicyclic) bond motifs is 1. The normalized spacial score (nSPS) is 10.9. The van der Waals surface area contributed by atoms with Crippen LogP contribution in [-0.2, 0) is 32.1 Å². The molecule has 0 spiro atoms. The number of anilines is 1. The highest BCUT2D eigenvalue weighted by Crippen LogP contribution is 2.20. The van der Waals surface area contributed by atoms with Gasteiger partial charge < -0.3 is 30.2 Å². The van der Waals surface area contributed by atoms with Crippen molar-refractivity contribution >= 4 is 34.4 Å². The molecule has 0 aliphatic heterocycles. The lowest BCUT2D eigenvalue weighted by Crippen LogP contribution is -2.26. The fraction of sp³-hybridized carbons (Fsp3) is 0.414. The minimum absolute atomic E-state index is 0.0139. The van der Waals surface area contributed by atoms with E-state index in [1.165, 1.54) is 28.2 Å². The van der Waals surface area contributed by atoms with E-state index in [9.17, 15) is 19.2 Å². The molecule has 0 bridgehead atoms. The second kappa shape index (κ2) is 16.0. The highest BCUT2D eigenvalue weighted by molar-refractivity contribution is 5.90. The van der Waals surface area contributed by atoms with Gasteiger partial charge in [0, 0.05) is 33.8 Å². The summed E-state index contributed by atoms with van der Waals surface area (Å²) < 4.78 is 5.86. The summed E-state index contributed by atoms with van der Waals surface area (Å²) in [5.74, 6) is 0.456. The maximum Gasteiger partial charge on any atom is 0.274 e. The Morgan fingerprint density at radius 3 is 2.58 bits per heavy atom. The SMILES string of the molecule is CC(C)Cc1cccc2[nH]c(Cn3cccc(NC(=O)CCC/C=C/C(=O)N(C)C)c3=O)nc12.COCC(N)=O. The van der Waals surface area contributed by atoms with Crippen molar-refractivity contribution < 1.29 is 19.1 Å². The number of amides is 3. The van der Waals surface area contributed by atoms with Crippen LogP contribution in [0.25, 0.3) is 11.0 Å². The third kappa shape index (κ3) is 10.5. The first-order valence-electron chi connectivity index (χ1n) is 13.1. The minimum atomic E-state index is -0.433. The summed E-state index contributed by atoms with van der Waals surface area (Å²) in [4.78, 5) is 55.9. The number of methoxy groups -OCH3 is 1. The van der Waals surface area contributed by atoms with Gasteiger partial charge in [-0.2, -0.15) is 0 Å². The van der Waals surface area contributed by atoms with Crippen LogP contribution in [0.2, 0.25) is 0 Å². The molecule has 2 heterocycles. The van der Waals surface area contributed by atoms with E-state index >= 15 is 0 Å². The summed E-state index contributed by atoms with van der Waals surface area (Å²) in [6.07, 6.45) is 7.33. The summed E-state index contributed by atoms with van der Waals surface area (Å²) in [6.45, 7) is 4.65. The van der Waals surface area contributed by atoms with Crippen LogP contribution in [0.4, 0.5) is 5.69 Å². The number of nitrogens with one attached hydrogen (secondary N) is 2. The molecule has 216 valence electrons. The van der Waals surface area contributed by atoms with E-state index in [2.05, 4.69) is 40.7 Å². The predicted molar refractivity (Wildman–Crippen MR) is 156 cm³/mol. The van der Waals surface area contributed by atoms with Crippen molar-refractivity contribution in [2.24, 2.45) is 11.7 Å². The van der Waals surface area contributed by atoms with Crippen LogP contribution >= 0.6 is 0 Å². The van der Waals surface area contributed by atoms with Crippen LogP contribution < -0.4 is 16.6 Å². The lowest BCUT2D eigenvalue weighted by Gasteiger charge is -2.08. The van der Waals surface area contributed by atoms with Gasteiger partial charge in [0.25, 0.3) is 5.56 Å². The second-order valence-electron chi connectivity index (χ2n) is 9.92. The summed E-state index contributed by atoms with van der Waals surface area (Å²) in [5.41, 5.74) is 7.67. The summed E-state index contributed by atoms with van der Waals surface area (Å²) in [7, 11) is 4.79. The lowest BCUT2D eigenvalue weighted by atomic mass is 10.0. The van der Waals surface area contributed by atoms with E-state index in [4.69, 9.17) is 4.98 Å². The molecule has 3 amide bonds. The fourth-order valence-corrected chi connectivity index (χ4v) is 3.81. The molecule has 3 aromatic rings. The van der Waals surface area contributed by atoms with Crippen LogP contribution in [0.15, 0.2) is 53.5 Å². The van der Waals surface area contributed by atoms with E-state index in [-0.39, 0.29) is 42.6 Å². The molecular weight excluding hydrogens is 512 g/mol. The molecule has 0 unspecified atom stereocenters. The molecule has 1 aromatic carbocycles. The predicted octanol–water partition coefficient (Wildman–Crippen LogP) is 2.84. The van der Waals surface area contributed by atoms with E-state index in [1.54, 1.807) is 38.5 Å². The number of allylic oxidation sites excluding steroid dienone is 1. The number of benzene rings is 1. The second-order valence-corrected chi connectivity index (χ2v) is 9.92. The Balaban J connectivity index is 0.000000840. The Kier molecular flexibility index (Phi) is 12.8. The number of nitrogens with zero attached hydrogens (tertiary/aromatic N) is 3. The molecule has 0 saturated heterocycles. The average molecular weight is 553 g/mol. The number of likely N-dealkylation sites (N-methyl/N-ethyl adjacent to an activating group) is 1. The van der Waals surface area contributed by atoms with Gasteiger partial charge in [0.15, 0.2) is 0 Å². The number of carbonyl (C=O) groups excluding carboxylic acids is 3. The van der Waals surface area contributed by atoms with Crippen molar-refractivity contribution in [3.05, 3.63) is 70.4 Å². The van der Waals surface area contributed by atoms with Gasteiger partial charge >= 0.3 is 0 Å². The molecule has 0 atom stereocenters. The molecule has 4 N–H and O–H groups in total. The summed E-state index contributed by atoms with van der Waals surface area (Å²) >= 11 is 0. The fourth-order valence-electron chi connectivity index (χ4n) is 3.81. The number of carbonyl (C=O) groups is 3. The van der Waals surface area contributed by atoms with Crippen LogP contribution in [0.1, 0.15) is 44.5 Å². The third-order valence-electron chi connectivity index (χ3n) is 5.65. The van der Waals surface area contributed by atoms with Crippen molar-refractivity contribution in [1.29, 1.82) is 0 Å². The Labute approximate surface area is 234 Å². The first-order valence-corrected chi connectivity index (χ1v) is 13.1. The molecule has 0 aliphatic rings. The first kappa shape index (κ1) is 32.0. The Morgan fingerprint density at radius 2 is 1.95 bits per heavy atom. The molecular formula is C29H40N6O5. The number of aromatic nitrogens is 3. The van der Waals surface area contributed by atoms with Gasteiger partial charge in [-0.05, 0) is 55.0 Å². The van der Waals surface area contributed by atoms with Crippen LogP contribution in [0.5, 0.6) is 0 Å². The number of hydrogen-bond donors (Lipinski definition) is 3. The van der Waals surface area contributed by atoms with Crippen molar-refractivity contribution in [3.63, 3.8) is 0 Å². The third-order valence-corrected chi connectivity index (χ3v) is 5.65. The monoisotopic (exact) mass is 552 g/mol. The summed E-state index contributed by atoms with van der Waals surface area (Å²) in [6, 6.07) is 9.43. The number of aromatic amines is 1. The number of hydrogen-bond acceptors (Lipinski definition) is 6. The lowest BCUT2D eigenvalue weighted by molar-refractivity contribution is -0.123. The van der Waals surface area contributed by atoms with Crippen LogP contribution in [0, 0.1) is 5.92 Å². The van der Waals surface area contributed by atoms with Crippen LogP contribution in [0.3, 0.4) is 0 Å². The van der Waals surface area contributed by atoms with Gasteiger partial charge in [-0.25, -0.2) is 4.98 Å². The molecule has 0 saturated carbocycles. The smallest absolute Gasteiger partial charge is 0.274 e. The van der Waals surface area contributed by atoms with Gasteiger partial charge in [0.2, 0.25) is 17.7 Å². The zero-order chi connectivity index (χ0) is 29.7. The number of primary amides is 1. The van der Waals surface area contributed by atoms with Crippen molar-refractivity contribution in [3.8, 4) is 0 Å². The number of rotatable bonds is 12. The van der Waals surface area contributed by atoms with E-state index < -0.39 is 5.91 Å². The van der Waals surface area contributed by atoms with Gasteiger partial charge in [0.1, 0.15) is 18.1 Å². The number of H-pyrrole nitrogens is 1. The Bertz CT molecular complexity index is 1370. The quantitative estimate of drug-likeness (QED) is 0.232. The van der Waals surface area contributed by atoms with Gasteiger partial charge in [-0.3, -0.25) is 19.2 Å². The highest BCUT2D eigenvalue weighted by atomic mass is 16.5. The molecule has 0 fully saturated rings. The molecule has 0 aliphatic carbocycles. The van der Waals surface area contributed by atoms with Gasteiger partial charge in [-0.1, -0.05) is 32.1 Å². The zero-order valence-electron chi connectivity index (χ0n) is 23.9. The molecule has 11 nitrogen and oxygen atoms in total.